The molecule has 0 aromatic carbocycles. The van der Waals surface area contributed by atoms with Gasteiger partial charge < -0.3 is 9.47 Å². The topological polar surface area (TPSA) is 52.6 Å². The number of hydrogen-bond donors (Lipinski definition) is 0. The van der Waals surface area contributed by atoms with Crippen molar-refractivity contribution in [1.82, 2.24) is 0 Å². The van der Waals surface area contributed by atoms with Crippen molar-refractivity contribution in [2.24, 2.45) is 0 Å². The highest BCUT2D eigenvalue weighted by Gasteiger charge is 2.05. The van der Waals surface area contributed by atoms with Crippen molar-refractivity contribution in [1.29, 1.82) is 0 Å². The Labute approximate surface area is 94.0 Å². The average molecular weight is 230 g/mol. The summed E-state index contributed by atoms with van der Waals surface area (Å²) in [5.74, 6) is -0.979. The number of esters is 2. The highest BCUT2D eigenvalue weighted by molar-refractivity contribution is 5.87. The predicted octanol–water partition coefficient (Wildman–Crippen LogP) is -0.227. The normalized spacial score (nSPS) is 8.40. The second-order valence-corrected chi connectivity index (χ2v) is 2.83. The molecular formula is C10H18O4Si. The van der Waals surface area contributed by atoms with Gasteiger partial charge in [0.25, 0.3) is 0 Å². The molecule has 86 valence electrons. The Morgan fingerprint density at radius 1 is 0.933 bits per heavy atom. The summed E-state index contributed by atoms with van der Waals surface area (Å²) in [5.41, 5.74) is 0.632. The number of ether oxygens (including phenoxy) is 2. The Hall–Kier alpha value is -1.36. The SMILES string of the molecule is C=C(C)C(=O)OCCOC(=O)C(=C)C.[SiH4]. The van der Waals surface area contributed by atoms with Crippen LogP contribution in [0.25, 0.3) is 0 Å². The van der Waals surface area contributed by atoms with Gasteiger partial charge in [-0.2, -0.15) is 0 Å². The minimum atomic E-state index is -0.489. The van der Waals surface area contributed by atoms with E-state index in [2.05, 4.69) is 22.6 Å². The molecule has 0 atom stereocenters. The summed E-state index contributed by atoms with van der Waals surface area (Å²) >= 11 is 0. The fraction of sp³-hybridized carbons (Fsp3) is 0.400. The fourth-order valence-electron chi connectivity index (χ4n) is 0.515. The molecule has 0 radical (unpaired) electrons. The van der Waals surface area contributed by atoms with Gasteiger partial charge in [0.2, 0.25) is 0 Å². The molecule has 15 heavy (non-hydrogen) atoms. The van der Waals surface area contributed by atoms with Crippen LogP contribution in [-0.4, -0.2) is 36.1 Å². The minimum Gasteiger partial charge on any atom is -0.459 e. The zero-order valence-corrected chi connectivity index (χ0v) is 8.46. The summed E-state index contributed by atoms with van der Waals surface area (Å²) in [7, 11) is 0. The number of rotatable bonds is 5. The van der Waals surface area contributed by atoms with Crippen LogP contribution in [0.1, 0.15) is 13.8 Å². The van der Waals surface area contributed by atoms with Crippen molar-refractivity contribution in [3.8, 4) is 0 Å². The molecule has 0 aliphatic rings. The van der Waals surface area contributed by atoms with Crippen LogP contribution in [0.5, 0.6) is 0 Å². The average Bonchev–Trinajstić information content (AvgIpc) is 2.11. The van der Waals surface area contributed by atoms with E-state index in [0.29, 0.717) is 11.1 Å². The lowest BCUT2D eigenvalue weighted by Crippen LogP contribution is -2.14. The second kappa shape index (κ2) is 7.99. The van der Waals surface area contributed by atoms with Crippen molar-refractivity contribution in [3.63, 3.8) is 0 Å². The molecule has 0 aromatic heterocycles. The van der Waals surface area contributed by atoms with E-state index in [1.54, 1.807) is 13.8 Å². The molecule has 0 aromatic rings. The summed E-state index contributed by atoms with van der Waals surface area (Å²) in [6, 6.07) is 0. The number of carbonyl (C=O) groups excluding carboxylic acids is 2. The third-order valence-electron chi connectivity index (χ3n) is 1.25. The molecule has 0 aliphatic carbocycles. The maximum Gasteiger partial charge on any atom is 0.333 e. The molecule has 0 rings (SSSR count). The van der Waals surface area contributed by atoms with Crippen molar-refractivity contribution >= 4 is 22.9 Å². The standard InChI is InChI=1S/C10H14O4.H4Si/c1-7(2)9(11)13-5-6-14-10(12)8(3)4;/h1,3,5-6H2,2,4H3;1H4. The van der Waals surface area contributed by atoms with Crippen molar-refractivity contribution in [2.45, 2.75) is 13.8 Å². The summed E-state index contributed by atoms with van der Waals surface area (Å²) in [5, 5.41) is 0. The van der Waals surface area contributed by atoms with Crippen LogP contribution in [0.4, 0.5) is 0 Å². The first kappa shape index (κ1) is 16.1. The van der Waals surface area contributed by atoms with Gasteiger partial charge in [0.1, 0.15) is 13.2 Å². The van der Waals surface area contributed by atoms with E-state index < -0.39 is 11.9 Å². The molecule has 0 aliphatic heterocycles. The summed E-state index contributed by atoms with van der Waals surface area (Å²) in [4.78, 5) is 21.7. The Bertz CT molecular complexity index is 243. The van der Waals surface area contributed by atoms with E-state index in [4.69, 9.17) is 0 Å². The third-order valence-corrected chi connectivity index (χ3v) is 1.25. The molecular weight excluding hydrogens is 212 g/mol. The van der Waals surface area contributed by atoms with Gasteiger partial charge >= 0.3 is 11.9 Å². The number of hydrogen-bond acceptors (Lipinski definition) is 4. The molecule has 0 fully saturated rings. The first-order valence-electron chi connectivity index (χ1n) is 4.10. The molecule has 0 unspecified atom stereocenters. The van der Waals surface area contributed by atoms with Gasteiger partial charge in [0.15, 0.2) is 0 Å². The largest absolute Gasteiger partial charge is 0.459 e. The molecule has 0 bridgehead atoms. The van der Waals surface area contributed by atoms with Gasteiger partial charge in [-0.1, -0.05) is 13.2 Å². The van der Waals surface area contributed by atoms with Crippen LogP contribution in [0.15, 0.2) is 24.3 Å². The van der Waals surface area contributed by atoms with Gasteiger partial charge in [-0.25, -0.2) is 9.59 Å². The van der Waals surface area contributed by atoms with Crippen LogP contribution < -0.4 is 0 Å². The lowest BCUT2D eigenvalue weighted by atomic mass is 10.4. The molecule has 0 heterocycles. The van der Waals surface area contributed by atoms with Crippen molar-refractivity contribution in [2.75, 3.05) is 13.2 Å². The van der Waals surface area contributed by atoms with Gasteiger partial charge in [-0.15, -0.1) is 0 Å². The monoisotopic (exact) mass is 230 g/mol. The lowest BCUT2D eigenvalue weighted by Gasteiger charge is -2.05. The first-order chi connectivity index (χ1) is 6.45. The molecule has 0 amide bonds. The highest BCUT2D eigenvalue weighted by Crippen LogP contribution is 1.94. The van der Waals surface area contributed by atoms with Crippen LogP contribution >= 0.6 is 0 Å². The third kappa shape index (κ3) is 7.69. The lowest BCUT2D eigenvalue weighted by molar-refractivity contribution is -0.147. The summed E-state index contributed by atoms with van der Waals surface area (Å²) < 4.78 is 9.38. The molecule has 0 saturated carbocycles. The molecule has 0 saturated heterocycles. The van der Waals surface area contributed by atoms with Crippen molar-refractivity contribution in [3.05, 3.63) is 24.3 Å². The minimum absolute atomic E-state index is 0. The molecule has 4 nitrogen and oxygen atoms in total. The molecule has 0 N–H and O–H groups in total. The van der Waals surface area contributed by atoms with Crippen LogP contribution in [0, 0.1) is 0 Å². The quantitative estimate of drug-likeness (QED) is 0.283. The Morgan fingerprint density at radius 2 is 1.20 bits per heavy atom. The van der Waals surface area contributed by atoms with E-state index >= 15 is 0 Å². The number of carbonyl (C=O) groups is 2. The van der Waals surface area contributed by atoms with Gasteiger partial charge in [0, 0.05) is 11.1 Å². The fourth-order valence-corrected chi connectivity index (χ4v) is 0.515. The zero-order chi connectivity index (χ0) is 11.1. The van der Waals surface area contributed by atoms with Gasteiger partial charge in [0.05, 0.1) is 0 Å². The smallest absolute Gasteiger partial charge is 0.333 e. The van der Waals surface area contributed by atoms with Crippen LogP contribution in [0.2, 0.25) is 0 Å². The van der Waals surface area contributed by atoms with E-state index in [0.717, 1.165) is 0 Å². The second-order valence-electron chi connectivity index (χ2n) is 2.83. The van der Waals surface area contributed by atoms with E-state index in [9.17, 15) is 9.59 Å². The van der Waals surface area contributed by atoms with Crippen molar-refractivity contribution < 1.29 is 19.1 Å². The Balaban J connectivity index is 0. The molecule has 5 heteroatoms. The maximum atomic E-state index is 10.8. The van der Waals surface area contributed by atoms with E-state index in [-0.39, 0.29) is 24.2 Å². The Kier molecular flexibility index (Phi) is 8.56. The molecule has 0 spiro atoms. The summed E-state index contributed by atoms with van der Waals surface area (Å²) in [6.45, 7) is 9.95. The predicted molar refractivity (Wildman–Crippen MR) is 62.9 cm³/mol. The van der Waals surface area contributed by atoms with E-state index in [1.165, 1.54) is 0 Å². The van der Waals surface area contributed by atoms with E-state index in [1.807, 2.05) is 0 Å². The summed E-state index contributed by atoms with van der Waals surface area (Å²) in [6.07, 6.45) is 0. The maximum absolute atomic E-state index is 10.8. The van der Waals surface area contributed by atoms with Crippen LogP contribution in [0.3, 0.4) is 0 Å². The van der Waals surface area contributed by atoms with Crippen LogP contribution in [-0.2, 0) is 19.1 Å². The zero-order valence-electron chi connectivity index (χ0n) is 8.46. The van der Waals surface area contributed by atoms with Gasteiger partial charge in [-0.05, 0) is 24.8 Å². The first-order valence-corrected chi connectivity index (χ1v) is 4.10. The Morgan fingerprint density at radius 3 is 1.40 bits per heavy atom. The van der Waals surface area contributed by atoms with Gasteiger partial charge in [-0.3, -0.25) is 0 Å². The highest BCUT2D eigenvalue weighted by atomic mass is 28.1.